The third-order valence-corrected chi connectivity index (χ3v) is 9.21. The molecule has 0 nitrogen and oxygen atoms in total. The lowest BCUT2D eigenvalue weighted by atomic mass is 9.87. The average molecular weight is 513 g/mol. The molecule has 0 saturated carbocycles. The minimum atomic E-state index is -0.264. The summed E-state index contributed by atoms with van der Waals surface area (Å²) in [5.41, 5.74) is 3.07. The van der Waals surface area contributed by atoms with E-state index in [9.17, 15) is 0 Å². The number of halogens is 2. The highest BCUT2D eigenvalue weighted by atomic mass is 19.1. The Kier molecular flexibility index (Phi) is 3.60. The van der Waals surface area contributed by atoms with Crippen LogP contribution in [-0.2, 0) is 0 Å². The van der Waals surface area contributed by atoms with Crippen LogP contribution >= 0.6 is 0 Å². The van der Waals surface area contributed by atoms with Crippen molar-refractivity contribution in [3.8, 4) is 22.3 Å². The first-order valence-electron chi connectivity index (χ1n) is 13.6. The van der Waals surface area contributed by atoms with Crippen LogP contribution in [0.25, 0.3) is 97.7 Å². The van der Waals surface area contributed by atoms with Crippen molar-refractivity contribution in [2.24, 2.45) is 0 Å². The molecule has 0 amide bonds. The third-order valence-electron chi connectivity index (χ3n) is 9.21. The fraction of sp³-hybridized carbons (Fsp3) is 0. The van der Waals surface area contributed by atoms with Gasteiger partial charge in [0.05, 0.1) is 0 Å². The van der Waals surface area contributed by atoms with E-state index >= 15 is 8.78 Å². The Morgan fingerprint density at radius 3 is 1.57 bits per heavy atom. The van der Waals surface area contributed by atoms with E-state index in [0.717, 1.165) is 75.9 Å². The van der Waals surface area contributed by atoms with Gasteiger partial charge in [-0.1, -0.05) is 84.9 Å². The summed E-state index contributed by atoms with van der Waals surface area (Å²) in [6, 6.07) is 36.5. The van der Waals surface area contributed by atoms with Crippen LogP contribution in [0, 0.1) is 11.6 Å². The SMILES string of the molecule is Fc1cc2c3cccc4cccc(c5c(F)cc6c(c1-c1cc7c8ccccc8c8ccccc8c7cc1-6)c25)c43. The monoisotopic (exact) mass is 512 g/mol. The fourth-order valence-electron chi connectivity index (χ4n) is 7.68. The van der Waals surface area contributed by atoms with Crippen LogP contribution < -0.4 is 0 Å². The highest BCUT2D eigenvalue weighted by Gasteiger charge is 2.30. The molecule has 1 aliphatic rings. The van der Waals surface area contributed by atoms with Gasteiger partial charge in [-0.25, -0.2) is 8.78 Å². The number of rotatable bonds is 0. The molecule has 10 rings (SSSR count). The number of fused-ring (bicyclic) bond motifs is 11. The van der Waals surface area contributed by atoms with E-state index < -0.39 is 0 Å². The summed E-state index contributed by atoms with van der Waals surface area (Å²) in [4.78, 5) is 0. The lowest BCUT2D eigenvalue weighted by Crippen LogP contribution is -1.92. The predicted molar refractivity (Wildman–Crippen MR) is 165 cm³/mol. The number of benzene rings is 9. The second-order valence-corrected chi connectivity index (χ2v) is 11.1. The van der Waals surface area contributed by atoms with Gasteiger partial charge in [0.2, 0.25) is 0 Å². The first-order chi connectivity index (χ1) is 19.7. The summed E-state index contributed by atoms with van der Waals surface area (Å²) in [5, 5.41) is 13.6. The molecule has 2 heteroatoms. The van der Waals surface area contributed by atoms with Crippen molar-refractivity contribution in [3.05, 3.63) is 121 Å². The van der Waals surface area contributed by atoms with E-state index in [1.165, 1.54) is 10.8 Å². The molecular weight excluding hydrogens is 494 g/mol. The van der Waals surface area contributed by atoms with E-state index in [1.807, 2.05) is 36.4 Å². The van der Waals surface area contributed by atoms with Crippen LogP contribution in [0.3, 0.4) is 0 Å². The molecule has 0 heterocycles. The van der Waals surface area contributed by atoms with Crippen LogP contribution in [0.4, 0.5) is 8.78 Å². The largest absolute Gasteiger partial charge is 0.206 e. The summed E-state index contributed by atoms with van der Waals surface area (Å²) in [6.07, 6.45) is 0. The average Bonchev–Trinajstić information content (AvgIpc) is 3.31. The smallest absolute Gasteiger partial charge is 0.132 e. The summed E-state index contributed by atoms with van der Waals surface area (Å²) in [6.45, 7) is 0. The molecule has 1 aliphatic carbocycles. The van der Waals surface area contributed by atoms with E-state index in [4.69, 9.17) is 0 Å². The van der Waals surface area contributed by atoms with Crippen LogP contribution in [0.2, 0.25) is 0 Å². The van der Waals surface area contributed by atoms with E-state index in [1.54, 1.807) is 12.1 Å². The van der Waals surface area contributed by atoms with E-state index in [-0.39, 0.29) is 11.6 Å². The quantitative estimate of drug-likeness (QED) is 0.140. The van der Waals surface area contributed by atoms with Crippen molar-refractivity contribution < 1.29 is 8.78 Å². The molecule has 0 bridgehead atoms. The van der Waals surface area contributed by atoms with Crippen LogP contribution in [0.15, 0.2) is 109 Å². The minimum Gasteiger partial charge on any atom is -0.206 e. The zero-order chi connectivity index (χ0) is 26.3. The van der Waals surface area contributed by atoms with Crippen molar-refractivity contribution >= 4 is 75.4 Å². The van der Waals surface area contributed by atoms with Gasteiger partial charge >= 0.3 is 0 Å². The van der Waals surface area contributed by atoms with Gasteiger partial charge in [0, 0.05) is 21.7 Å². The van der Waals surface area contributed by atoms with Gasteiger partial charge in [-0.2, -0.15) is 0 Å². The minimum absolute atomic E-state index is 0.263. The molecule has 0 aromatic heterocycles. The Hall–Kier alpha value is -5.08. The van der Waals surface area contributed by atoms with Gasteiger partial charge in [0.25, 0.3) is 0 Å². The van der Waals surface area contributed by atoms with Crippen molar-refractivity contribution in [1.82, 2.24) is 0 Å². The first kappa shape index (κ1) is 20.8. The van der Waals surface area contributed by atoms with Crippen LogP contribution in [0.1, 0.15) is 0 Å². The molecule has 184 valence electrons. The Morgan fingerprint density at radius 2 is 0.900 bits per heavy atom. The van der Waals surface area contributed by atoms with Gasteiger partial charge in [0.1, 0.15) is 11.6 Å². The van der Waals surface area contributed by atoms with Crippen LogP contribution in [-0.4, -0.2) is 0 Å². The molecule has 0 aliphatic heterocycles. The molecule has 0 radical (unpaired) electrons. The van der Waals surface area contributed by atoms with Gasteiger partial charge in [-0.15, -0.1) is 0 Å². The Morgan fingerprint density at radius 1 is 0.325 bits per heavy atom. The van der Waals surface area contributed by atoms with Gasteiger partial charge in [-0.3, -0.25) is 0 Å². The standard InChI is InChI=1S/C38H18F2/c39-32-18-31-28-15-26-22-11-3-1-9-20(22)21-10-2-4-12-23(21)27(26)16-29(28)36-33(40)17-30-24-13-5-7-19-8-6-14-25(34(19)24)35(32)37(30)38(31)36/h1-18H. The molecular formula is C38H18F2. The van der Waals surface area contributed by atoms with E-state index in [0.29, 0.717) is 10.9 Å². The Balaban J connectivity index is 1.46. The third kappa shape index (κ3) is 2.29. The molecule has 0 N–H and O–H groups in total. The molecule has 9 aromatic carbocycles. The normalized spacial score (nSPS) is 12.8. The zero-order valence-electron chi connectivity index (χ0n) is 21.1. The fourth-order valence-corrected chi connectivity index (χ4v) is 7.68. The van der Waals surface area contributed by atoms with Gasteiger partial charge in [0.15, 0.2) is 0 Å². The first-order valence-corrected chi connectivity index (χ1v) is 13.6. The maximum atomic E-state index is 16.4. The topological polar surface area (TPSA) is 0 Å². The number of hydrogen-bond acceptors (Lipinski definition) is 0. The van der Waals surface area contributed by atoms with Gasteiger partial charge < -0.3 is 0 Å². The second-order valence-electron chi connectivity index (χ2n) is 11.1. The molecule has 0 unspecified atom stereocenters. The van der Waals surface area contributed by atoms with Gasteiger partial charge in [-0.05, 0) is 100 Å². The lowest BCUT2D eigenvalue weighted by molar-refractivity contribution is 0.634. The highest BCUT2D eigenvalue weighted by Crippen LogP contribution is 2.55. The molecule has 0 fully saturated rings. The van der Waals surface area contributed by atoms with Crippen LogP contribution in [0.5, 0.6) is 0 Å². The zero-order valence-corrected chi connectivity index (χ0v) is 21.1. The van der Waals surface area contributed by atoms with Crippen molar-refractivity contribution in [3.63, 3.8) is 0 Å². The molecule has 40 heavy (non-hydrogen) atoms. The second kappa shape index (κ2) is 6.91. The Bertz CT molecular complexity index is 2600. The summed E-state index contributed by atoms with van der Waals surface area (Å²) in [7, 11) is 0. The van der Waals surface area contributed by atoms with Crippen molar-refractivity contribution in [1.29, 1.82) is 0 Å². The maximum Gasteiger partial charge on any atom is 0.132 e. The summed E-state index contributed by atoms with van der Waals surface area (Å²) in [5.74, 6) is -0.527. The summed E-state index contributed by atoms with van der Waals surface area (Å²) < 4.78 is 32.7. The maximum absolute atomic E-state index is 16.4. The number of hydrogen-bond donors (Lipinski definition) is 0. The van der Waals surface area contributed by atoms with Crippen molar-refractivity contribution in [2.45, 2.75) is 0 Å². The highest BCUT2D eigenvalue weighted by molar-refractivity contribution is 6.38. The van der Waals surface area contributed by atoms with E-state index in [2.05, 4.69) is 60.7 Å². The van der Waals surface area contributed by atoms with Crippen molar-refractivity contribution in [2.75, 3.05) is 0 Å². The molecule has 9 aromatic rings. The predicted octanol–water partition coefficient (Wildman–Crippen LogP) is 11.1. The molecule has 0 spiro atoms. The lowest BCUT2D eigenvalue weighted by Gasteiger charge is -2.16. The Labute approximate surface area is 227 Å². The molecule has 0 atom stereocenters. The summed E-state index contributed by atoms with van der Waals surface area (Å²) >= 11 is 0. The molecule has 0 saturated heterocycles.